The molecule has 70 valence electrons. The molecule has 0 unspecified atom stereocenters. The number of nitrogens with one attached hydrogen (secondary N) is 1. The number of nitrogens with zero attached hydrogens (tertiary/aromatic N) is 1. The van der Waals surface area contributed by atoms with E-state index in [0.29, 0.717) is 18.9 Å². The highest BCUT2D eigenvalue weighted by Crippen LogP contribution is 2.23. The maximum Gasteiger partial charge on any atom is 0.107 e. The van der Waals surface area contributed by atoms with E-state index in [1.165, 1.54) is 0 Å². The Morgan fingerprint density at radius 3 is 2.58 bits per heavy atom. The number of β-amino-alcohol motifs (C(OH)–C–C–N with tert-alkyl or cyclic N) is 1. The van der Waals surface area contributed by atoms with Crippen LogP contribution in [0.1, 0.15) is 13.8 Å². The Balaban J connectivity index is 2.66. The summed E-state index contributed by atoms with van der Waals surface area (Å²) in [5.74, 6) is 0.481. The molecule has 12 heavy (non-hydrogen) atoms. The van der Waals surface area contributed by atoms with E-state index >= 15 is 0 Å². The van der Waals surface area contributed by atoms with Crippen molar-refractivity contribution in [2.45, 2.75) is 25.6 Å². The standard InChI is InChI=1S/C8H16N2O2/c1-6(9)10-4-7(12-3)8(2,11)5-10/h7,9,11H,4-5H2,1-3H3/t7-,8+/m0/s1. The molecule has 4 heteroatoms. The second-order valence-corrected chi connectivity index (χ2v) is 3.55. The lowest BCUT2D eigenvalue weighted by Crippen LogP contribution is -2.39. The van der Waals surface area contributed by atoms with Gasteiger partial charge in [0.2, 0.25) is 0 Å². The van der Waals surface area contributed by atoms with Crippen LogP contribution in [0.5, 0.6) is 0 Å². The molecule has 1 saturated heterocycles. The topological polar surface area (TPSA) is 56.5 Å². The highest BCUT2D eigenvalue weighted by Gasteiger charge is 2.41. The van der Waals surface area contributed by atoms with Crippen molar-refractivity contribution in [2.75, 3.05) is 20.2 Å². The minimum atomic E-state index is -0.822. The van der Waals surface area contributed by atoms with Gasteiger partial charge in [0.15, 0.2) is 0 Å². The lowest BCUT2D eigenvalue weighted by atomic mass is 10.0. The first-order valence-corrected chi connectivity index (χ1v) is 4.02. The molecular formula is C8H16N2O2. The van der Waals surface area contributed by atoms with Crippen LogP contribution in [0, 0.1) is 5.41 Å². The molecule has 2 atom stereocenters. The smallest absolute Gasteiger partial charge is 0.107 e. The van der Waals surface area contributed by atoms with Gasteiger partial charge in [0.05, 0.1) is 12.4 Å². The molecule has 0 bridgehead atoms. The second kappa shape index (κ2) is 3.03. The Morgan fingerprint density at radius 1 is 1.75 bits per heavy atom. The fourth-order valence-electron chi connectivity index (χ4n) is 1.53. The van der Waals surface area contributed by atoms with Gasteiger partial charge in [-0.3, -0.25) is 5.41 Å². The first-order valence-electron chi connectivity index (χ1n) is 4.02. The van der Waals surface area contributed by atoms with E-state index in [4.69, 9.17) is 10.1 Å². The maximum atomic E-state index is 9.81. The maximum absolute atomic E-state index is 9.81. The van der Waals surface area contributed by atoms with E-state index in [0.717, 1.165) is 0 Å². The summed E-state index contributed by atoms with van der Waals surface area (Å²) in [7, 11) is 1.59. The number of amidine groups is 1. The molecule has 0 aromatic heterocycles. The summed E-state index contributed by atoms with van der Waals surface area (Å²) in [6, 6.07) is 0. The molecule has 1 aliphatic rings. The van der Waals surface area contributed by atoms with Gasteiger partial charge in [-0.05, 0) is 13.8 Å². The van der Waals surface area contributed by atoms with E-state index in [-0.39, 0.29) is 6.10 Å². The first-order chi connectivity index (χ1) is 5.47. The van der Waals surface area contributed by atoms with E-state index in [2.05, 4.69) is 0 Å². The van der Waals surface area contributed by atoms with Crippen LogP contribution < -0.4 is 0 Å². The minimum Gasteiger partial charge on any atom is -0.386 e. The van der Waals surface area contributed by atoms with Gasteiger partial charge in [0.25, 0.3) is 0 Å². The Hall–Kier alpha value is -0.610. The lowest BCUT2D eigenvalue weighted by Gasteiger charge is -2.22. The third kappa shape index (κ3) is 1.59. The van der Waals surface area contributed by atoms with Crippen molar-refractivity contribution in [2.24, 2.45) is 0 Å². The molecule has 0 saturated carbocycles. The summed E-state index contributed by atoms with van der Waals surface area (Å²) in [5.41, 5.74) is -0.822. The fourth-order valence-corrected chi connectivity index (χ4v) is 1.53. The normalized spacial score (nSPS) is 35.7. The van der Waals surface area contributed by atoms with Gasteiger partial charge in [0, 0.05) is 13.7 Å². The van der Waals surface area contributed by atoms with Gasteiger partial charge in [-0.15, -0.1) is 0 Å². The van der Waals surface area contributed by atoms with Crippen molar-refractivity contribution in [3.8, 4) is 0 Å². The van der Waals surface area contributed by atoms with E-state index in [9.17, 15) is 5.11 Å². The molecular weight excluding hydrogens is 156 g/mol. The predicted octanol–water partition coefficient (Wildman–Crippen LogP) is 0.0652. The van der Waals surface area contributed by atoms with E-state index in [1.807, 2.05) is 4.90 Å². The Kier molecular flexibility index (Phi) is 2.39. The lowest BCUT2D eigenvalue weighted by molar-refractivity contribution is -0.0474. The van der Waals surface area contributed by atoms with Crippen molar-refractivity contribution >= 4 is 5.84 Å². The zero-order valence-electron chi connectivity index (χ0n) is 7.79. The summed E-state index contributed by atoms with van der Waals surface area (Å²) >= 11 is 0. The SMILES string of the molecule is CO[C@H]1CN(C(C)=N)C[C@@]1(C)O. The number of hydrogen-bond donors (Lipinski definition) is 2. The van der Waals surface area contributed by atoms with Crippen LogP contribution in [0.2, 0.25) is 0 Å². The Labute approximate surface area is 72.6 Å². The fraction of sp³-hybridized carbons (Fsp3) is 0.875. The Bertz CT molecular complexity index is 191. The summed E-state index contributed by atoms with van der Waals surface area (Å²) < 4.78 is 5.12. The van der Waals surface area contributed by atoms with E-state index in [1.54, 1.807) is 21.0 Å². The highest BCUT2D eigenvalue weighted by atomic mass is 16.5. The average molecular weight is 172 g/mol. The average Bonchev–Trinajstić information content (AvgIpc) is 2.25. The summed E-state index contributed by atoms with van der Waals surface area (Å²) in [5, 5.41) is 17.2. The molecule has 0 radical (unpaired) electrons. The van der Waals surface area contributed by atoms with Crippen molar-refractivity contribution in [1.29, 1.82) is 5.41 Å². The van der Waals surface area contributed by atoms with Crippen LogP contribution in [-0.2, 0) is 4.74 Å². The molecule has 0 aliphatic carbocycles. The number of ether oxygens (including phenoxy) is 1. The predicted molar refractivity (Wildman–Crippen MR) is 46.4 cm³/mol. The molecule has 0 spiro atoms. The molecule has 2 N–H and O–H groups in total. The first kappa shape index (κ1) is 9.48. The third-order valence-corrected chi connectivity index (χ3v) is 2.35. The van der Waals surface area contributed by atoms with E-state index < -0.39 is 5.60 Å². The molecule has 1 fully saturated rings. The van der Waals surface area contributed by atoms with Crippen LogP contribution in [0.15, 0.2) is 0 Å². The van der Waals surface area contributed by atoms with Crippen molar-refractivity contribution in [3.63, 3.8) is 0 Å². The monoisotopic (exact) mass is 172 g/mol. The molecule has 0 aromatic carbocycles. The van der Waals surface area contributed by atoms with Gasteiger partial charge < -0.3 is 14.7 Å². The largest absolute Gasteiger partial charge is 0.386 e. The molecule has 1 rings (SSSR count). The zero-order chi connectivity index (χ0) is 9.35. The van der Waals surface area contributed by atoms with Gasteiger partial charge >= 0.3 is 0 Å². The number of hydrogen-bond acceptors (Lipinski definition) is 3. The molecule has 1 aliphatic heterocycles. The Morgan fingerprint density at radius 2 is 2.33 bits per heavy atom. The molecule has 0 aromatic rings. The van der Waals surface area contributed by atoms with Gasteiger partial charge in [0.1, 0.15) is 11.7 Å². The van der Waals surface area contributed by atoms with Gasteiger partial charge in [-0.25, -0.2) is 0 Å². The third-order valence-electron chi connectivity index (χ3n) is 2.35. The molecule has 4 nitrogen and oxygen atoms in total. The molecule has 1 heterocycles. The van der Waals surface area contributed by atoms with Crippen LogP contribution in [0.3, 0.4) is 0 Å². The van der Waals surface area contributed by atoms with Gasteiger partial charge in [-0.1, -0.05) is 0 Å². The summed E-state index contributed by atoms with van der Waals surface area (Å²) in [4.78, 5) is 1.81. The van der Waals surface area contributed by atoms with Crippen molar-refractivity contribution < 1.29 is 9.84 Å². The number of rotatable bonds is 1. The van der Waals surface area contributed by atoms with Crippen LogP contribution >= 0.6 is 0 Å². The second-order valence-electron chi connectivity index (χ2n) is 3.55. The van der Waals surface area contributed by atoms with Crippen LogP contribution in [0.25, 0.3) is 0 Å². The summed E-state index contributed by atoms with van der Waals surface area (Å²) in [6.07, 6.45) is -0.183. The van der Waals surface area contributed by atoms with Crippen LogP contribution in [-0.4, -0.2) is 47.7 Å². The van der Waals surface area contributed by atoms with Crippen molar-refractivity contribution in [3.05, 3.63) is 0 Å². The highest BCUT2D eigenvalue weighted by molar-refractivity contribution is 5.76. The zero-order valence-corrected chi connectivity index (χ0v) is 7.79. The minimum absolute atomic E-state index is 0.183. The number of aliphatic hydroxyl groups is 1. The van der Waals surface area contributed by atoms with Crippen LogP contribution in [0.4, 0.5) is 0 Å². The summed E-state index contributed by atoms with van der Waals surface area (Å²) in [6.45, 7) is 4.55. The van der Waals surface area contributed by atoms with Gasteiger partial charge in [-0.2, -0.15) is 0 Å². The number of methoxy groups -OCH3 is 1. The van der Waals surface area contributed by atoms with Crippen molar-refractivity contribution in [1.82, 2.24) is 4.90 Å². The quantitative estimate of drug-likeness (QED) is 0.434. The number of likely N-dealkylation sites (tertiary alicyclic amines) is 1. The molecule has 0 amide bonds.